The number of fused-ring (bicyclic) bond motifs is 1. The second kappa shape index (κ2) is 11.0. The summed E-state index contributed by atoms with van der Waals surface area (Å²) in [6, 6.07) is 22.0. The summed E-state index contributed by atoms with van der Waals surface area (Å²) in [5.74, 6) is 0.309. The van der Waals surface area contributed by atoms with E-state index in [-0.39, 0.29) is 6.61 Å². The maximum absolute atomic E-state index is 11.0. The summed E-state index contributed by atoms with van der Waals surface area (Å²) in [6.07, 6.45) is 4.01. The fourth-order valence-corrected chi connectivity index (χ4v) is 3.39. The fourth-order valence-electron chi connectivity index (χ4n) is 3.39. The summed E-state index contributed by atoms with van der Waals surface area (Å²) < 4.78 is 9.35. The Labute approximate surface area is 177 Å². The summed E-state index contributed by atoms with van der Waals surface area (Å²) >= 11 is 0. The molecule has 0 aromatic heterocycles. The Morgan fingerprint density at radius 1 is 0.967 bits per heavy atom. The zero-order chi connectivity index (χ0) is 21.2. The van der Waals surface area contributed by atoms with Gasteiger partial charge in [0.2, 0.25) is 0 Å². The molecule has 0 aliphatic rings. The van der Waals surface area contributed by atoms with Gasteiger partial charge in [-0.05, 0) is 35.1 Å². The van der Waals surface area contributed by atoms with Gasteiger partial charge in [0.1, 0.15) is 12.4 Å². The summed E-state index contributed by atoms with van der Waals surface area (Å²) in [5, 5.41) is 12.1. The molecule has 5 nitrogen and oxygen atoms in total. The van der Waals surface area contributed by atoms with Crippen molar-refractivity contribution in [2.75, 3.05) is 26.8 Å². The molecule has 5 heteroatoms. The van der Waals surface area contributed by atoms with Crippen LogP contribution in [0.3, 0.4) is 0 Å². The number of aromatic hydroxyl groups is 1. The summed E-state index contributed by atoms with van der Waals surface area (Å²) in [7, 11) is 1.29. The number of phenols is 1. The van der Waals surface area contributed by atoms with E-state index >= 15 is 0 Å². The predicted molar refractivity (Wildman–Crippen MR) is 119 cm³/mol. The van der Waals surface area contributed by atoms with Gasteiger partial charge in [-0.1, -0.05) is 66.7 Å². The third-order valence-electron chi connectivity index (χ3n) is 4.93. The van der Waals surface area contributed by atoms with Crippen molar-refractivity contribution in [2.45, 2.75) is 13.0 Å². The van der Waals surface area contributed by atoms with E-state index in [1.807, 2.05) is 54.6 Å². The quantitative estimate of drug-likeness (QED) is 0.404. The van der Waals surface area contributed by atoms with E-state index in [9.17, 15) is 9.90 Å². The molecule has 1 N–H and O–H groups in total. The molecule has 0 unspecified atom stereocenters. The van der Waals surface area contributed by atoms with Crippen LogP contribution < -0.4 is 0 Å². The largest absolute Gasteiger partial charge is 0.508 e. The van der Waals surface area contributed by atoms with Crippen molar-refractivity contribution in [1.29, 1.82) is 0 Å². The molecule has 30 heavy (non-hydrogen) atoms. The lowest BCUT2D eigenvalue weighted by Crippen LogP contribution is -2.26. The first-order chi connectivity index (χ1) is 14.7. The fraction of sp³-hybridized carbons (Fsp3) is 0.240. The van der Waals surface area contributed by atoms with E-state index in [4.69, 9.17) is 4.74 Å². The number of rotatable bonds is 9. The van der Waals surface area contributed by atoms with E-state index in [1.165, 1.54) is 18.2 Å². The SMILES string of the molecule is COC(=O)OC/C=C/CN(CCc1ccc(O)c2ccccc12)Cc1ccccc1. The molecule has 0 radical (unpaired) electrons. The third-order valence-corrected chi connectivity index (χ3v) is 4.93. The van der Waals surface area contributed by atoms with Gasteiger partial charge in [0.15, 0.2) is 0 Å². The number of benzene rings is 3. The minimum absolute atomic E-state index is 0.189. The van der Waals surface area contributed by atoms with Crippen molar-refractivity contribution in [3.05, 3.63) is 90.0 Å². The van der Waals surface area contributed by atoms with Crippen LogP contribution in [-0.2, 0) is 22.4 Å². The number of hydrogen-bond acceptors (Lipinski definition) is 5. The van der Waals surface area contributed by atoms with Crippen molar-refractivity contribution in [3.63, 3.8) is 0 Å². The zero-order valence-corrected chi connectivity index (χ0v) is 17.2. The van der Waals surface area contributed by atoms with Gasteiger partial charge in [-0.15, -0.1) is 0 Å². The Morgan fingerprint density at radius 2 is 1.70 bits per heavy atom. The molecular weight excluding hydrogens is 378 g/mol. The van der Waals surface area contributed by atoms with Crippen molar-refractivity contribution >= 4 is 16.9 Å². The monoisotopic (exact) mass is 405 g/mol. The molecule has 0 aliphatic heterocycles. The Kier molecular flexibility index (Phi) is 7.86. The first-order valence-electron chi connectivity index (χ1n) is 9.99. The van der Waals surface area contributed by atoms with Crippen LogP contribution in [-0.4, -0.2) is 43.0 Å². The summed E-state index contributed by atoms with van der Waals surface area (Å²) in [6.45, 7) is 2.59. The van der Waals surface area contributed by atoms with E-state index < -0.39 is 6.16 Å². The highest BCUT2D eigenvalue weighted by Gasteiger charge is 2.09. The Bertz CT molecular complexity index is 985. The number of nitrogens with zero attached hydrogens (tertiary/aromatic N) is 1. The molecule has 156 valence electrons. The predicted octanol–water partition coefficient (Wildman–Crippen LogP) is 4.93. The van der Waals surface area contributed by atoms with Gasteiger partial charge < -0.3 is 14.6 Å². The van der Waals surface area contributed by atoms with Gasteiger partial charge in [0.25, 0.3) is 0 Å². The van der Waals surface area contributed by atoms with Crippen molar-refractivity contribution in [3.8, 4) is 5.75 Å². The van der Waals surface area contributed by atoms with Crippen LogP contribution >= 0.6 is 0 Å². The van der Waals surface area contributed by atoms with Crippen LogP contribution in [0.25, 0.3) is 10.8 Å². The second-order valence-electron chi connectivity index (χ2n) is 7.00. The Morgan fingerprint density at radius 3 is 2.47 bits per heavy atom. The van der Waals surface area contributed by atoms with Gasteiger partial charge in [0.05, 0.1) is 7.11 Å². The smallest absolute Gasteiger partial charge is 0.507 e. The second-order valence-corrected chi connectivity index (χ2v) is 7.00. The molecule has 0 saturated carbocycles. The van der Waals surface area contributed by atoms with Crippen LogP contribution in [0.2, 0.25) is 0 Å². The molecule has 0 fully saturated rings. The molecule has 3 aromatic rings. The molecular formula is C25H27NO4. The van der Waals surface area contributed by atoms with Crippen LogP contribution in [0, 0.1) is 0 Å². The van der Waals surface area contributed by atoms with Gasteiger partial charge in [-0.3, -0.25) is 4.90 Å². The number of carbonyl (C=O) groups is 1. The average Bonchev–Trinajstić information content (AvgIpc) is 2.78. The molecule has 0 saturated heterocycles. The number of methoxy groups -OCH3 is 1. The van der Waals surface area contributed by atoms with Crippen LogP contribution in [0.15, 0.2) is 78.9 Å². The van der Waals surface area contributed by atoms with E-state index in [2.05, 4.69) is 27.8 Å². The van der Waals surface area contributed by atoms with E-state index in [1.54, 1.807) is 6.07 Å². The van der Waals surface area contributed by atoms with Crippen molar-refractivity contribution in [1.82, 2.24) is 4.90 Å². The molecule has 0 spiro atoms. The highest BCUT2D eigenvalue weighted by atomic mass is 16.7. The highest BCUT2D eigenvalue weighted by Crippen LogP contribution is 2.27. The van der Waals surface area contributed by atoms with E-state index in [0.717, 1.165) is 36.8 Å². The van der Waals surface area contributed by atoms with Crippen LogP contribution in [0.1, 0.15) is 11.1 Å². The normalized spacial score (nSPS) is 11.3. The number of phenolic OH excluding ortho intramolecular Hbond substituents is 1. The lowest BCUT2D eigenvalue weighted by molar-refractivity contribution is 0.0817. The molecule has 0 atom stereocenters. The van der Waals surface area contributed by atoms with Crippen LogP contribution in [0.5, 0.6) is 5.75 Å². The molecule has 0 amide bonds. The lowest BCUT2D eigenvalue weighted by Gasteiger charge is -2.21. The third kappa shape index (κ3) is 6.09. The topological polar surface area (TPSA) is 59.0 Å². The number of hydrogen-bond donors (Lipinski definition) is 1. The first-order valence-corrected chi connectivity index (χ1v) is 9.99. The Hall–Kier alpha value is -3.31. The maximum Gasteiger partial charge on any atom is 0.508 e. The average molecular weight is 405 g/mol. The minimum atomic E-state index is -0.681. The molecule has 3 rings (SSSR count). The van der Waals surface area contributed by atoms with Gasteiger partial charge in [-0.2, -0.15) is 0 Å². The molecule has 0 bridgehead atoms. The van der Waals surface area contributed by atoms with Gasteiger partial charge in [0, 0.05) is 25.0 Å². The summed E-state index contributed by atoms with van der Waals surface area (Å²) in [4.78, 5) is 13.4. The first kappa shape index (κ1) is 21.4. The number of carbonyl (C=O) groups excluding carboxylic acids is 1. The van der Waals surface area contributed by atoms with E-state index in [0.29, 0.717) is 5.75 Å². The minimum Gasteiger partial charge on any atom is -0.507 e. The van der Waals surface area contributed by atoms with Crippen LogP contribution in [0.4, 0.5) is 4.79 Å². The lowest BCUT2D eigenvalue weighted by atomic mass is 10.0. The van der Waals surface area contributed by atoms with Gasteiger partial charge in [-0.25, -0.2) is 4.79 Å². The maximum atomic E-state index is 11.0. The van der Waals surface area contributed by atoms with Crippen molar-refractivity contribution < 1.29 is 19.4 Å². The summed E-state index contributed by atoms with van der Waals surface area (Å²) in [5.41, 5.74) is 2.45. The van der Waals surface area contributed by atoms with Gasteiger partial charge >= 0.3 is 6.16 Å². The highest BCUT2D eigenvalue weighted by molar-refractivity contribution is 5.90. The van der Waals surface area contributed by atoms with Crippen molar-refractivity contribution in [2.24, 2.45) is 0 Å². The zero-order valence-electron chi connectivity index (χ0n) is 17.2. The Balaban J connectivity index is 1.67. The molecule has 0 heterocycles. The molecule has 3 aromatic carbocycles. The number of ether oxygens (including phenoxy) is 2. The molecule has 0 aliphatic carbocycles. The standard InChI is InChI=1S/C25H27NO4/c1-29-25(28)30-18-8-7-16-26(19-20-9-3-2-4-10-20)17-15-21-13-14-24(27)23-12-6-5-11-22(21)23/h2-14,27H,15-19H2,1H3/b8-7+.